The summed E-state index contributed by atoms with van der Waals surface area (Å²) in [6.07, 6.45) is 1.58. The number of benzene rings is 1. The van der Waals surface area contributed by atoms with Gasteiger partial charge in [0.1, 0.15) is 0 Å². The van der Waals surface area contributed by atoms with E-state index in [0.29, 0.717) is 37.1 Å². The van der Waals surface area contributed by atoms with Crippen LogP contribution in [0, 0.1) is 6.92 Å². The van der Waals surface area contributed by atoms with Gasteiger partial charge in [-0.15, -0.1) is 0 Å². The summed E-state index contributed by atoms with van der Waals surface area (Å²) in [5.74, 6) is -0.529. The van der Waals surface area contributed by atoms with Crippen LogP contribution in [0.15, 0.2) is 22.7 Å². The zero-order chi connectivity index (χ0) is 20.0. The third-order valence-corrected chi connectivity index (χ3v) is 6.00. The molecule has 0 atom stereocenters. The highest BCUT2D eigenvalue weighted by Gasteiger charge is 2.35. The highest BCUT2D eigenvalue weighted by atomic mass is 79.9. The summed E-state index contributed by atoms with van der Waals surface area (Å²) in [6.45, 7) is 3.49. The number of nitrogens with zero attached hydrogens (tertiary/aromatic N) is 4. The van der Waals surface area contributed by atoms with E-state index in [2.05, 4.69) is 21.0 Å². The van der Waals surface area contributed by atoms with Gasteiger partial charge in [-0.2, -0.15) is 5.10 Å². The predicted octanol–water partition coefficient (Wildman–Crippen LogP) is 2.45. The number of rotatable bonds is 4. The molecule has 0 spiro atoms. The smallest absolute Gasteiger partial charge is 0.261 e. The lowest BCUT2D eigenvalue weighted by Crippen LogP contribution is -2.37. The Bertz CT molecular complexity index is 998. The number of imide groups is 1. The summed E-state index contributed by atoms with van der Waals surface area (Å²) in [7, 11) is 1.90. The van der Waals surface area contributed by atoms with Gasteiger partial charge < -0.3 is 4.90 Å². The second kappa shape index (κ2) is 7.16. The van der Waals surface area contributed by atoms with Gasteiger partial charge in [-0.1, -0.05) is 15.9 Å². The molecule has 0 radical (unpaired) electrons. The predicted molar refractivity (Wildman–Crippen MR) is 106 cm³/mol. The van der Waals surface area contributed by atoms with Crippen molar-refractivity contribution in [3.8, 4) is 0 Å². The van der Waals surface area contributed by atoms with Crippen molar-refractivity contribution in [2.45, 2.75) is 32.7 Å². The maximum atomic E-state index is 12.6. The highest BCUT2D eigenvalue weighted by Crippen LogP contribution is 2.26. The van der Waals surface area contributed by atoms with E-state index in [9.17, 15) is 14.4 Å². The van der Waals surface area contributed by atoms with Gasteiger partial charge in [0.2, 0.25) is 5.91 Å². The van der Waals surface area contributed by atoms with Crippen molar-refractivity contribution in [2.24, 2.45) is 7.05 Å². The molecule has 146 valence electrons. The number of hydrogen-bond donors (Lipinski definition) is 0. The minimum Gasteiger partial charge on any atom is -0.336 e. The number of hydrogen-bond acceptors (Lipinski definition) is 4. The lowest BCUT2D eigenvalue weighted by atomic mass is 10.0. The summed E-state index contributed by atoms with van der Waals surface area (Å²) >= 11 is 3.33. The summed E-state index contributed by atoms with van der Waals surface area (Å²) in [5, 5.41) is 4.44. The summed E-state index contributed by atoms with van der Waals surface area (Å²) in [6, 6.07) is 5.08. The maximum absolute atomic E-state index is 12.6. The number of fused-ring (bicyclic) bond motifs is 2. The molecule has 2 aliphatic heterocycles. The first kappa shape index (κ1) is 18.9. The molecule has 2 aromatic rings. The number of halogens is 1. The zero-order valence-electron chi connectivity index (χ0n) is 15.9. The molecule has 0 fully saturated rings. The highest BCUT2D eigenvalue weighted by molar-refractivity contribution is 9.10. The van der Waals surface area contributed by atoms with Gasteiger partial charge in [-0.05, 0) is 43.5 Å². The monoisotopic (exact) mass is 444 g/mol. The lowest BCUT2D eigenvalue weighted by molar-refractivity contribution is -0.132. The second-order valence-corrected chi connectivity index (χ2v) is 8.17. The van der Waals surface area contributed by atoms with Gasteiger partial charge in [0.25, 0.3) is 11.8 Å². The lowest BCUT2D eigenvalue weighted by Gasteiger charge is -2.28. The molecule has 3 amide bonds. The number of amides is 3. The average molecular weight is 445 g/mol. The molecule has 4 rings (SSSR count). The Balaban J connectivity index is 1.35. The molecule has 7 nitrogen and oxygen atoms in total. The fourth-order valence-corrected chi connectivity index (χ4v) is 4.37. The normalized spacial score (nSPS) is 15.8. The van der Waals surface area contributed by atoms with Crippen LogP contribution >= 0.6 is 15.9 Å². The third kappa shape index (κ3) is 3.15. The molecule has 2 aliphatic rings. The first-order chi connectivity index (χ1) is 13.4. The molecular weight excluding hydrogens is 424 g/mol. The van der Waals surface area contributed by atoms with Crippen molar-refractivity contribution in [3.05, 3.63) is 50.8 Å². The van der Waals surface area contributed by atoms with E-state index in [0.717, 1.165) is 22.3 Å². The Morgan fingerprint density at radius 3 is 2.75 bits per heavy atom. The van der Waals surface area contributed by atoms with Crippen LogP contribution in [0.5, 0.6) is 0 Å². The molecule has 8 heteroatoms. The molecule has 1 aromatic carbocycles. The van der Waals surface area contributed by atoms with Crippen molar-refractivity contribution in [2.75, 3.05) is 13.1 Å². The second-order valence-electron chi connectivity index (χ2n) is 7.25. The number of carbonyl (C=O) groups is 3. The van der Waals surface area contributed by atoms with Gasteiger partial charge in [0.05, 0.1) is 29.1 Å². The van der Waals surface area contributed by atoms with E-state index in [1.807, 2.05) is 23.6 Å². The SMILES string of the molecule is Cc1nn(C)c2c1CCN(C(=O)CCCN1C(=O)c3ccc(Br)cc3C1=O)C2. The molecule has 0 saturated carbocycles. The van der Waals surface area contributed by atoms with Crippen molar-refractivity contribution in [1.29, 1.82) is 0 Å². The Kier molecular flexibility index (Phi) is 4.82. The van der Waals surface area contributed by atoms with Crippen LogP contribution in [-0.2, 0) is 24.8 Å². The molecule has 0 aliphatic carbocycles. The summed E-state index contributed by atoms with van der Waals surface area (Å²) in [4.78, 5) is 40.7. The van der Waals surface area contributed by atoms with Crippen LogP contribution in [0.3, 0.4) is 0 Å². The van der Waals surface area contributed by atoms with Crippen LogP contribution < -0.4 is 0 Å². The van der Waals surface area contributed by atoms with Crippen molar-refractivity contribution >= 4 is 33.7 Å². The Labute approximate surface area is 171 Å². The molecular formula is C20H21BrN4O3. The van der Waals surface area contributed by atoms with Gasteiger partial charge in [0.15, 0.2) is 0 Å². The fraction of sp³-hybridized carbons (Fsp3) is 0.400. The number of carbonyl (C=O) groups excluding carboxylic acids is 3. The molecule has 1 aromatic heterocycles. The Hall–Kier alpha value is -2.48. The van der Waals surface area contributed by atoms with Gasteiger partial charge in [-0.25, -0.2) is 0 Å². The molecule has 28 heavy (non-hydrogen) atoms. The van der Waals surface area contributed by atoms with Crippen molar-refractivity contribution in [3.63, 3.8) is 0 Å². The van der Waals surface area contributed by atoms with Gasteiger partial charge >= 0.3 is 0 Å². The van der Waals surface area contributed by atoms with E-state index in [1.54, 1.807) is 18.2 Å². The molecule has 0 saturated heterocycles. The molecule has 3 heterocycles. The molecule has 0 bridgehead atoms. The number of aromatic nitrogens is 2. The van der Waals surface area contributed by atoms with Crippen LogP contribution in [0.1, 0.15) is 50.5 Å². The fourth-order valence-electron chi connectivity index (χ4n) is 4.00. The van der Waals surface area contributed by atoms with E-state index >= 15 is 0 Å². The van der Waals surface area contributed by atoms with E-state index in [-0.39, 0.29) is 24.3 Å². The summed E-state index contributed by atoms with van der Waals surface area (Å²) < 4.78 is 2.61. The third-order valence-electron chi connectivity index (χ3n) is 5.51. The van der Waals surface area contributed by atoms with Crippen LogP contribution in [0.25, 0.3) is 0 Å². The minimum atomic E-state index is -0.290. The number of aryl methyl sites for hydroxylation is 2. The molecule has 0 N–H and O–H groups in total. The summed E-state index contributed by atoms with van der Waals surface area (Å²) in [5.41, 5.74) is 4.20. The Morgan fingerprint density at radius 2 is 1.96 bits per heavy atom. The molecule has 0 unspecified atom stereocenters. The standard InChI is InChI=1S/C20H21BrN4O3/c1-12-14-7-9-24(11-17(14)23(2)22-12)18(26)4-3-8-25-19(27)15-6-5-13(21)10-16(15)20(25)28/h5-6,10H,3-4,7-9,11H2,1-2H3. The maximum Gasteiger partial charge on any atom is 0.261 e. The van der Waals surface area contributed by atoms with Gasteiger partial charge in [0, 0.05) is 31.0 Å². The van der Waals surface area contributed by atoms with Crippen molar-refractivity contribution < 1.29 is 14.4 Å². The minimum absolute atomic E-state index is 0.0452. The van der Waals surface area contributed by atoms with E-state index < -0.39 is 0 Å². The zero-order valence-corrected chi connectivity index (χ0v) is 17.5. The average Bonchev–Trinajstić information content (AvgIpc) is 3.09. The largest absolute Gasteiger partial charge is 0.336 e. The van der Waals surface area contributed by atoms with Crippen LogP contribution in [0.2, 0.25) is 0 Å². The van der Waals surface area contributed by atoms with Crippen LogP contribution in [0.4, 0.5) is 0 Å². The van der Waals surface area contributed by atoms with E-state index in [4.69, 9.17) is 0 Å². The first-order valence-electron chi connectivity index (χ1n) is 9.31. The van der Waals surface area contributed by atoms with Gasteiger partial charge in [-0.3, -0.25) is 24.0 Å². The first-order valence-corrected chi connectivity index (χ1v) is 10.1. The van der Waals surface area contributed by atoms with E-state index in [1.165, 1.54) is 10.5 Å². The Morgan fingerprint density at radius 1 is 1.21 bits per heavy atom. The van der Waals surface area contributed by atoms with Crippen molar-refractivity contribution in [1.82, 2.24) is 19.6 Å². The quantitative estimate of drug-likeness (QED) is 0.678. The van der Waals surface area contributed by atoms with Crippen LogP contribution in [-0.4, -0.2) is 50.4 Å². The topological polar surface area (TPSA) is 75.5 Å².